The topological polar surface area (TPSA) is 56.7 Å². The Balaban J connectivity index is 2.58. The van der Waals surface area contributed by atoms with Crippen molar-refractivity contribution >= 4 is 17.3 Å². The monoisotopic (exact) mass is 236 g/mol. The van der Waals surface area contributed by atoms with Gasteiger partial charge in [-0.1, -0.05) is 11.6 Å². The summed E-state index contributed by atoms with van der Waals surface area (Å²) in [5.41, 5.74) is 7.16. The first kappa shape index (κ1) is 11.0. The lowest BCUT2D eigenvalue weighted by atomic mass is 10.2. The molecule has 1 aromatic carbocycles. The molecule has 0 fully saturated rings. The quantitative estimate of drug-likeness (QED) is 0.816. The first-order valence-corrected chi connectivity index (χ1v) is 5.46. The average molecular weight is 237 g/mol. The van der Waals surface area contributed by atoms with Gasteiger partial charge in [-0.3, -0.25) is 0 Å². The Morgan fingerprint density at radius 3 is 2.75 bits per heavy atom. The maximum atomic E-state index is 6.14. The largest absolute Gasteiger partial charge is 0.399 e. The molecule has 4 nitrogen and oxygen atoms in total. The molecule has 0 unspecified atom stereocenters. The standard InChI is InChI=1S/C11H13ClN4/c1-3-16-7(2)14-15-11(16)9-5-4-8(13)6-10(9)12/h4-6H,3,13H2,1-2H3. The van der Waals surface area contributed by atoms with Crippen LogP contribution < -0.4 is 5.73 Å². The van der Waals surface area contributed by atoms with E-state index in [9.17, 15) is 0 Å². The van der Waals surface area contributed by atoms with Gasteiger partial charge < -0.3 is 10.3 Å². The van der Waals surface area contributed by atoms with E-state index < -0.39 is 0 Å². The second-order valence-corrected chi connectivity index (χ2v) is 3.96. The molecule has 2 rings (SSSR count). The van der Waals surface area contributed by atoms with Crippen LogP contribution in [0.4, 0.5) is 5.69 Å². The van der Waals surface area contributed by atoms with Gasteiger partial charge in [0, 0.05) is 17.8 Å². The summed E-state index contributed by atoms with van der Waals surface area (Å²) >= 11 is 6.14. The van der Waals surface area contributed by atoms with Crippen LogP contribution in [0.3, 0.4) is 0 Å². The van der Waals surface area contributed by atoms with Crippen molar-refractivity contribution in [3.05, 3.63) is 29.0 Å². The van der Waals surface area contributed by atoms with Crippen molar-refractivity contribution in [3.8, 4) is 11.4 Å². The summed E-state index contributed by atoms with van der Waals surface area (Å²) < 4.78 is 2.01. The highest BCUT2D eigenvalue weighted by molar-refractivity contribution is 6.33. The molecule has 0 radical (unpaired) electrons. The van der Waals surface area contributed by atoms with Crippen LogP contribution in [0.15, 0.2) is 18.2 Å². The van der Waals surface area contributed by atoms with E-state index in [1.807, 2.05) is 30.5 Å². The second-order valence-electron chi connectivity index (χ2n) is 3.55. The number of anilines is 1. The molecule has 0 bridgehead atoms. The van der Waals surface area contributed by atoms with Crippen LogP contribution in [0.2, 0.25) is 5.02 Å². The number of nitrogens with two attached hydrogens (primary N) is 1. The molecule has 0 spiro atoms. The molecule has 5 heteroatoms. The van der Waals surface area contributed by atoms with Crippen LogP contribution >= 0.6 is 11.6 Å². The fraction of sp³-hybridized carbons (Fsp3) is 0.273. The number of aromatic nitrogens is 3. The predicted octanol–water partition coefficient (Wildman–Crippen LogP) is 2.51. The highest BCUT2D eigenvalue weighted by Gasteiger charge is 2.12. The molecule has 0 aliphatic carbocycles. The van der Waals surface area contributed by atoms with Crippen molar-refractivity contribution in [1.29, 1.82) is 0 Å². The fourth-order valence-electron chi connectivity index (χ4n) is 1.67. The molecule has 0 atom stereocenters. The number of benzene rings is 1. The number of nitrogen functional groups attached to an aromatic ring is 1. The van der Waals surface area contributed by atoms with Gasteiger partial charge in [-0.05, 0) is 32.0 Å². The Morgan fingerprint density at radius 1 is 1.38 bits per heavy atom. The maximum absolute atomic E-state index is 6.14. The van der Waals surface area contributed by atoms with Crippen molar-refractivity contribution in [2.45, 2.75) is 20.4 Å². The molecule has 2 N–H and O–H groups in total. The number of aryl methyl sites for hydroxylation is 1. The predicted molar refractivity (Wildman–Crippen MR) is 65.3 cm³/mol. The summed E-state index contributed by atoms with van der Waals surface area (Å²) in [6.45, 7) is 4.78. The Bertz CT molecular complexity index is 519. The van der Waals surface area contributed by atoms with E-state index in [4.69, 9.17) is 17.3 Å². The summed E-state index contributed by atoms with van der Waals surface area (Å²) in [4.78, 5) is 0. The third kappa shape index (κ3) is 1.76. The molecule has 0 saturated heterocycles. The van der Waals surface area contributed by atoms with E-state index in [2.05, 4.69) is 10.2 Å². The summed E-state index contributed by atoms with van der Waals surface area (Å²) in [6, 6.07) is 5.40. The number of rotatable bonds is 2. The minimum absolute atomic E-state index is 0.599. The smallest absolute Gasteiger partial charge is 0.165 e. The molecule has 0 amide bonds. The normalized spacial score (nSPS) is 10.7. The van der Waals surface area contributed by atoms with E-state index in [1.165, 1.54) is 0 Å². The second kappa shape index (κ2) is 4.14. The lowest BCUT2D eigenvalue weighted by molar-refractivity contribution is 0.737. The summed E-state index contributed by atoms with van der Waals surface area (Å²) in [5.74, 6) is 1.66. The highest BCUT2D eigenvalue weighted by Crippen LogP contribution is 2.28. The van der Waals surface area contributed by atoms with Crippen LogP contribution in [0.5, 0.6) is 0 Å². The van der Waals surface area contributed by atoms with Gasteiger partial charge in [-0.15, -0.1) is 10.2 Å². The number of halogens is 1. The van der Waals surface area contributed by atoms with Crippen molar-refractivity contribution in [2.24, 2.45) is 0 Å². The van der Waals surface area contributed by atoms with Gasteiger partial charge in [0.05, 0.1) is 5.02 Å². The van der Waals surface area contributed by atoms with E-state index in [1.54, 1.807) is 6.07 Å². The van der Waals surface area contributed by atoms with Crippen molar-refractivity contribution in [3.63, 3.8) is 0 Å². The minimum Gasteiger partial charge on any atom is -0.399 e. The van der Waals surface area contributed by atoms with Gasteiger partial charge in [-0.2, -0.15) is 0 Å². The molecule has 1 heterocycles. The summed E-state index contributed by atoms with van der Waals surface area (Å²) in [6.07, 6.45) is 0. The Morgan fingerprint density at radius 2 is 2.12 bits per heavy atom. The average Bonchev–Trinajstić information content (AvgIpc) is 2.59. The van der Waals surface area contributed by atoms with Gasteiger partial charge in [0.15, 0.2) is 5.82 Å². The Hall–Kier alpha value is -1.55. The van der Waals surface area contributed by atoms with Gasteiger partial charge in [-0.25, -0.2) is 0 Å². The zero-order chi connectivity index (χ0) is 11.7. The first-order valence-electron chi connectivity index (χ1n) is 5.08. The third-order valence-corrected chi connectivity index (χ3v) is 2.80. The van der Waals surface area contributed by atoms with Gasteiger partial charge in [0.1, 0.15) is 5.82 Å². The van der Waals surface area contributed by atoms with Crippen molar-refractivity contribution < 1.29 is 0 Å². The lowest BCUT2D eigenvalue weighted by Gasteiger charge is -2.07. The molecular weight excluding hydrogens is 224 g/mol. The zero-order valence-electron chi connectivity index (χ0n) is 9.24. The van der Waals surface area contributed by atoms with Gasteiger partial charge >= 0.3 is 0 Å². The maximum Gasteiger partial charge on any atom is 0.165 e. The fourth-order valence-corrected chi connectivity index (χ4v) is 1.95. The molecule has 2 aromatic rings. The van der Waals surface area contributed by atoms with Gasteiger partial charge in [0.25, 0.3) is 0 Å². The molecule has 0 aliphatic rings. The Labute approximate surface area is 99.1 Å². The van der Waals surface area contributed by atoms with Gasteiger partial charge in [0.2, 0.25) is 0 Å². The molecule has 0 aliphatic heterocycles. The molecule has 16 heavy (non-hydrogen) atoms. The van der Waals surface area contributed by atoms with E-state index in [0.717, 1.165) is 23.8 Å². The molecule has 1 aromatic heterocycles. The minimum atomic E-state index is 0.599. The van der Waals surface area contributed by atoms with Crippen LogP contribution in [-0.4, -0.2) is 14.8 Å². The van der Waals surface area contributed by atoms with Crippen LogP contribution in [-0.2, 0) is 6.54 Å². The Kier molecular flexibility index (Phi) is 2.83. The van der Waals surface area contributed by atoms with E-state index >= 15 is 0 Å². The highest BCUT2D eigenvalue weighted by atomic mass is 35.5. The summed E-state index contributed by atoms with van der Waals surface area (Å²) in [5, 5.41) is 8.78. The third-order valence-electron chi connectivity index (χ3n) is 2.49. The molecule has 0 saturated carbocycles. The molecular formula is C11H13ClN4. The van der Waals surface area contributed by atoms with E-state index in [0.29, 0.717) is 10.7 Å². The number of hydrogen-bond donors (Lipinski definition) is 1. The van der Waals surface area contributed by atoms with Crippen LogP contribution in [0, 0.1) is 6.92 Å². The van der Waals surface area contributed by atoms with Crippen LogP contribution in [0.1, 0.15) is 12.7 Å². The van der Waals surface area contributed by atoms with Crippen LogP contribution in [0.25, 0.3) is 11.4 Å². The molecule has 84 valence electrons. The lowest BCUT2D eigenvalue weighted by Crippen LogP contribution is -2.00. The summed E-state index contributed by atoms with van der Waals surface area (Å²) in [7, 11) is 0. The van der Waals surface area contributed by atoms with Crippen molar-refractivity contribution in [2.75, 3.05) is 5.73 Å². The first-order chi connectivity index (χ1) is 7.63. The number of nitrogens with zero attached hydrogens (tertiary/aromatic N) is 3. The number of hydrogen-bond acceptors (Lipinski definition) is 3. The van der Waals surface area contributed by atoms with Crippen molar-refractivity contribution in [1.82, 2.24) is 14.8 Å². The van der Waals surface area contributed by atoms with E-state index in [-0.39, 0.29) is 0 Å². The SMILES string of the molecule is CCn1c(C)nnc1-c1ccc(N)cc1Cl. The zero-order valence-corrected chi connectivity index (χ0v) is 9.99.